The Kier molecular flexibility index (Phi) is 7.69. The molecule has 0 saturated heterocycles. The normalized spacial score (nSPS) is 17.7. The lowest BCUT2D eigenvalue weighted by Gasteiger charge is -2.04. The molecule has 0 radical (unpaired) electrons. The number of fused-ring (bicyclic) bond motifs is 4. The van der Waals surface area contributed by atoms with Gasteiger partial charge in [0.05, 0.1) is 0 Å². The van der Waals surface area contributed by atoms with Crippen LogP contribution < -0.4 is 9.97 Å². The molecule has 2 aromatic heterocycles. The van der Waals surface area contributed by atoms with Crippen LogP contribution in [0.3, 0.4) is 0 Å². The summed E-state index contributed by atoms with van der Waals surface area (Å²) in [5, 5.41) is 16.6. The monoisotopic (exact) mass is 408 g/mol. The first-order valence-corrected chi connectivity index (χ1v) is 10.3. The average Bonchev–Trinajstić information content (AvgIpc) is 3.42. The zero-order valence-corrected chi connectivity index (χ0v) is 18.1. The molecule has 4 bridgehead atoms. The van der Waals surface area contributed by atoms with Crippen molar-refractivity contribution in [1.82, 2.24) is 30.4 Å². The summed E-state index contributed by atoms with van der Waals surface area (Å²) in [6.45, 7) is 10.4. The molecule has 0 N–H and O–H groups in total. The van der Waals surface area contributed by atoms with Crippen LogP contribution >= 0.6 is 0 Å². The van der Waals surface area contributed by atoms with E-state index < -0.39 is 0 Å². The molecule has 0 aliphatic carbocycles. The predicted molar refractivity (Wildman–Crippen MR) is 117 cm³/mol. The zero-order chi connectivity index (χ0) is 21.3. The highest BCUT2D eigenvalue weighted by atomic mass is 15.2. The molecule has 160 valence electrons. The maximum absolute atomic E-state index is 4.56. The topological polar surface area (TPSA) is 129 Å². The summed E-state index contributed by atoms with van der Waals surface area (Å²) in [5.41, 5.74) is 3.17. The number of rotatable bonds is 0. The lowest BCUT2D eigenvalue weighted by Crippen LogP contribution is -2.05. The molecule has 1 aliphatic rings. The van der Waals surface area contributed by atoms with Crippen LogP contribution in [0.2, 0.25) is 0 Å². The van der Waals surface area contributed by atoms with Gasteiger partial charge in [-0.05, 0) is 53.4 Å². The first kappa shape index (κ1) is 21.7. The summed E-state index contributed by atoms with van der Waals surface area (Å²) in [6.07, 6.45) is 3.69. The predicted octanol–water partition coefficient (Wildman–Crippen LogP) is 1.69. The Morgan fingerprint density at radius 2 is 0.667 bits per heavy atom. The summed E-state index contributed by atoms with van der Waals surface area (Å²) in [7, 11) is 0. The van der Waals surface area contributed by atoms with Crippen molar-refractivity contribution in [2.24, 2.45) is 20.0 Å². The van der Waals surface area contributed by atoms with Crippen LogP contribution in [0, 0.1) is 0 Å². The molecule has 10 nitrogen and oxygen atoms in total. The molecule has 0 amide bonds. The Labute approximate surface area is 176 Å². The lowest BCUT2D eigenvalue weighted by molar-refractivity contribution is 0.755. The molecule has 30 heavy (non-hydrogen) atoms. The van der Waals surface area contributed by atoms with Gasteiger partial charge >= 0.3 is 0 Å². The second kappa shape index (κ2) is 10.7. The Morgan fingerprint density at radius 3 is 0.900 bits per heavy atom. The minimum atomic E-state index is 0.567. The summed E-state index contributed by atoms with van der Waals surface area (Å²) >= 11 is 0. The SMILES string of the molecule is CC1=NCCCCN=C(C)c2nnc([n-]2)C(C)=NCCCCN=C(C)c2nnc1[n-]2. The van der Waals surface area contributed by atoms with E-state index in [1.54, 1.807) is 0 Å². The fourth-order valence-electron chi connectivity index (χ4n) is 2.81. The van der Waals surface area contributed by atoms with Gasteiger partial charge in [0, 0.05) is 72.3 Å². The van der Waals surface area contributed by atoms with Crippen LogP contribution in [0.15, 0.2) is 20.0 Å². The molecule has 1 aliphatic heterocycles. The van der Waals surface area contributed by atoms with Crippen molar-refractivity contribution in [2.75, 3.05) is 26.2 Å². The van der Waals surface area contributed by atoms with Crippen molar-refractivity contribution in [3.8, 4) is 0 Å². The molecule has 0 saturated carbocycles. The van der Waals surface area contributed by atoms with Gasteiger partial charge in [0.25, 0.3) is 0 Å². The van der Waals surface area contributed by atoms with Crippen molar-refractivity contribution in [3.63, 3.8) is 0 Å². The fraction of sp³-hybridized carbons (Fsp3) is 0.600. The molecule has 0 fully saturated rings. The molecule has 0 spiro atoms. The number of aliphatic imine (C=N–C) groups is 4. The van der Waals surface area contributed by atoms with Gasteiger partial charge in [-0.25, -0.2) is 0 Å². The van der Waals surface area contributed by atoms with Crippen LogP contribution in [0.1, 0.15) is 76.7 Å². The van der Waals surface area contributed by atoms with Gasteiger partial charge in [0.2, 0.25) is 0 Å². The van der Waals surface area contributed by atoms with E-state index in [4.69, 9.17) is 0 Å². The first-order chi connectivity index (χ1) is 14.5. The molecular formula is C20H28N10-2. The highest BCUT2D eigenvalue weighted by molar-refractivity contribution is 5.99. The second-order valence-electron chi connectivity index (χ2n) is 7.20. The smallest absolute Gasteiger partial charge is 0.0444 e. The molecule has 10 heteroatoms. The van der Waals surface area contributed by atoms with Crippen molar-refractivity contribution in [3.05, 3.63) is 23.3 Å². The maximum Gasteiger partial charge on any atom is 0.0444 e. The minimum absolute atomic E-state index is 0.567. The van der Waals surface area contributed by atoms with Crippen molar-refractivity contribution >= 4 is 22.8 Å². The molecule has 3 heterocycles. The van der Waals surface area contributed by atoms with Crippen LogP contribution in [-0.4, -0.2) is 69.4 Å². The molecule has 3 rings (SSSR count). The molecular weight excluding hydrogens is 380 g/mol. The first-order valence-electron chi connectivity index (χ1n) is 10.3. The number of nitrogens with zero attached hydrogens (tertiary/aromatic N) is 10. The Morgan fingerprint density at radius 1 is 0.433 bits per heavy atom. The Hall–Kier alpha value is -3.04. The van der Waals surface area contributed by atoms with E-state index in [-0.39, 0.29) is 0 Å². The van der Waals surface area contributed by atoms with Gasteiger partial charge in [-0.15, -0.1) is 0 Å². The van der Waals surface area contributed by atoms with Crippen molar-refractivity contribution in [2.45, 2.75) is 53.4 Å². The van der Waals surface area contributed by atoms with Crippen molar-refractivity contribution in [1.29, 1.82) is 0 Å². The van der Waals surface area contributed by atoms with E-state index in [0.717, 1.165) is 48.5 Å². The third-order valence-corrected chi connectivity index (χ3v) is 4.73. The number of hydrogen-bond acceptors (Lipinski definition) is 8. The Balaban J connectivity index is 1.73. The minimum Gasteiger partial charge on any atom is -0.355 e. The summed E-state index contributed by atoms with van der Waals surface area (Å²) in [6, 6.07) is 0. The van der Waals surface area contributed by atoms with Gasteiger partial charge in [-0.3, -0.25) is 20.0 Å². The third kappa shape index (κ3) is 5.98. The van der Waals surface area contributed by atoms with Gasteiger partial charge in [-0.2, -0.15) is 0 Å². The highest BCUT2D eigenvalue weighted by Crippen LogP contribution is 2.02. The van der Waals surface area contributed by atoms with E-state index in [1.165, 1.54) is 0 Å². The fourth-order valence-corrected chi connectivity index (χ4v) is 2.81. The maximum atomic E-state index is 4.56. The van der Waals surface area contributed by atoms with Gasteiger partial charge < -0.3 is 30.4 Å². The van der Waals surface area contributed by atoms with Crippen LogP contribution in [0.4, 0.5) is 0 Å². The quantitative estimate of drug-likeness (QED) is 0.652. The Bertz CT molecular complexity index is 809. The van der Waals surface area contributed by atoms with Gasteiger partial charge in [0.1, 0.15) is 0 Å². The van der Waals surface area contributed by atoms with Crippen LogP contribution in [0.5, 0.6) is 0 Å². The lowest BCUT2D eigenvalue weighted by atomic mass is 10.3. The average molecular weight is 409 g/mol. The summed E-state index contributed by atoms with van der Waals surface area (Å²) in [5.74, 6) is 2.27. The second-order valence-corrected chi connectivity index (χ2v) is 7.20. The summed E-state index contributed by atoms with van der Waals surface area (Å²) in [4.78, 5) is 27.2. The molecule has 0 unspecified atom stereocenters. The molecule has 2 aromatic rings. The van der Waals surface area contributed by atoms with E-state index >= 15 is 0 Å². The zero-order valence-electron chi connectivity index (χ0n) is 18.1. The van der Waals surface area contributed by atoms with E-state index in [1.807, 2.05) is 27.7 Å². The standard InChI is InChI=1S/C20H28N10/c1-13-17-25-18(28-27-17)14(2)22-11-7-8-12-24-16(4)20-26-19(29-30-20)15(3)23-10-6-5-9-21-13/h5-12H2,1-4H3/q-2. The molecule has 0 atom stereocenters. The van der Waals surface area contributed by atoms with E-state index in [9.17, 15) is 0 Å². The van der Waals surface area contributed by atoms with Crippen molar-refractivity contribution < 1.29 is 0 Å². The number of aromatic nitrogens is 6. The highest BCUT2D eigenvalue weighted by Gasteiger charge is 2.02. The third-order valence-electron chi connectivity index (χ3n) is 4.73. The van der Waals surface area contributed by atoms with Gasteiger partial charge in [-0.1, -0.05) is 0 Å². The van der Waals surface area contributed by atoms with Crippen LogP contribution in [0.25, 0.3) is 0 Å². The van der Waals surface area contributed by atoms with Gasteiger partial charge in [0.15, 0.2) is 0 Å². The summed E-state index contributed by atoms with van der Waals surface area (Å²) < 4.78 is 0. The number of hydrogen-bond donors (Lipinski definition) is 0. The molecule has 0 aromatic carbocycles. The largest absolute Gasteiger partial charge is 0.355 e. The van der Waals surface area contributed by atoms with Crippen LogP contribution in [-0.2, 0) is 0 Å². The van der Waals surface area contributed by atoms with E-state index in [0.29, 0.717) is 49.5 Å². The van der Waals surface area contributed by atoms with E-state index in [2.05, 4.69) is 50.3 Å².